The number of alkyl halides is 3. The van der Waals surface area contributed by atoms with Crippen molar-refractivity contribution in [2.75, 3.05) is 24.6 Å². The van der Waals surface area contributed by atoms with E-state index in [0.29, 0.717) is 22.1 Å². The second kappa shape index (κ2) is 9.89. The van der Waals surface area contributed by atoms with E-state index < -0.39 is 22.6 Å². The van der Waals surface area contributed by atoms with E-state index in [1.54, 1.807) is 18.2 Å². The number of halogens is 3. The first kappa shape index (κ1) is 23.8. The first-order chi connectivity index (χ1) is 15.8. The molecule has 2 aliphatic rings. The van der Waals surface area contributed by atoms with E-state index in [4.69, 9.17) is 5.11 Å². The van der Waals surface area contributed by atoms with Crippen molar-refractivity contribution in [3.05, 3.63) is 58.6 Å². The number of allylic oxidation sites excluding steroid dienone is 3. The van der Waals surface area contributed by atoms with E-state index in [-0.39, 0.29) is 12.5 Å². The average molecular weight is 478 g/mol. The van der Waals surface area contributed by atoms with Crippen LogP contribution in [0.15, 0.2) is 58.0 Å². The molecule has 0 aliphatic carbocycles. The summed E-state index contributed by atoms with van der Waals surface area (Å²) < 4.78 is 42.3. The van der Waals surface area contributed by atoms with Crippen LogP contribution in [0.1, 0.15) is 38.7 Å². The van der Waals surface area contributed by atoms with Crippen LogP contribution in [-0.2, 0) is 6.18 Å². The zero-order chi connectivity index (χ0) is 23.6. The maximum Gasteiger partial charge on any atom is 0.417 e. The summed E-state index contributed by atoms with van der Waals surface area (Å²) in [4.78, 5) is 12.2. The van der Waals surface area contributed by atoms with Crippen molar-refractivity contribution in [3.8, 4) is 11.3 Å². The van der Waals surface area contributed by atoms with Gasteiger partial charge in [0, 0.05) is 36.2 Å². The minimum Gasteiger partial charge on any atom is -0.396 e. The van der Waals surface area contributed by atoms with Crippen LogP contribution in [-0.4, -0.2) is 34.8 Å². The van der Waals surface area contributed by atoms with Gasteiger partial charge in [-0.1, -0.05) is 32.1 Å². The minimum absolute atomic E-state index is 0.192. The fourth-order valence-corrected chi connectivity index (χ4v) is 6.89. The quantitative estimate of drug-likeness (QED) is 0.487. The maximum absolute atomic E-state index is 14.1. The van der Waals surface area contributed by atoms with Crippen LogP contribution in [0.2, 0.25) is 0 Å². The largest absolute Gasteiger partial charge is 0.417 e. The molecule has 3 heterocycles. The molecule has 0 bridgehead atoms. The van der Waals surface area contributed by atoms with Crippen LogP contribution in [0.25, 0.3) is 11.3 Å². The van der Waals surface area contributed by atoms with Gasteiger partial charge in [0.1, 0.15) is 12.1 Å². The lowest BCUT2D eigenvalue weighted by Crippen LogP contribution is -2.34. The monoisotopic (exact) mass is 477 g/mol. The van der Waals surface area contributed by atoms with Gasteiger partial charge < -0.3 is 10.0 Å². The molecule has 4 nitrogen and oxygen atoms in total. The molecule has 1 unspecified atom stereocenters. The third-order valence-corrected chi connectivity index (χ3v) is 8.96. The third-order valence-electron chi connectivity index (χ3n) is 6.36. The molecule has 0 radical (unpaired) electrons. The molecule has 8 heteroatoms. The van der Waals surface area contributed by atoms with E-state index in [2.05, 4.69) is 14.9 Å². The summed E-state index contributed by atoms with van der Waals surface area (Å²) >= 11 is 0. The molecule has 1 aromatic carbocycles. The van der Waals surface area contributed by atoms with Crippen LogP contribution in [0.5, 0.6) is 0 Å². The van der Waals surface area contributed by atoms with Crippen molar-refractivity contribution in [1.82, 2.24) is 9.97 Å². The molecule has 1 atom stereocenters. The number of benzene rings is 1. The van der Waals surface area contributed by atoms with Crippen LogP contribution in [0.4, 0.5) is 19.0 Å². The van der Waals surface area contributed by atoms with E-state index in [1.807, 2.05) is 31.4 Å². The molecule has 0 amide bonds. The van der Waals surface area contributed by atoms with Gasteiger partial charge in [0.2, 0.25) is 0 Å². The highest BCUT2D eigenvalue weighted by molar-refractivity contribution is 8.23. The average Bonchev–Trinajstić information content (AvgIpc) is 3.29. The molecule has 1 saturated heterocycles. The molecular weight excluding hydrogens is 447 g/mol. The van der Waals surface area contributed by atoms with E-state index in [1.165, 1.54) is 12.4 Å². The standard InChI is InChI=1S/C25H30F3N3OS/c1-17(2)22-4-3-13-33(22)23-6-5-19(14-20(23)25(26,27)28)21-15-24(30-16-29-21)31-10-7-18(8-11-31)9-12-32/h3-6,13-18,32-33H,7-12H2,1-2H3. The van der Waals surface area contributed by atoms with E-state index in [9.17, 15) is 13.2 Å². The van der Waals surface area contributed by atoms with Crippen LogP contribution < -0.4 is 4.90 Å². The summed E-state index contributed by atoms with van der Waals surface area (Å²) in [5.74, 6) is 1.43. The Morgan fingerprint density at radius 3 is 2.58 bits per heavy atom. The first-order valence-electron chi connectivity index (χ1n) is 11.3. The molecule has 1 fully saturated rings. The number of anilines is 1. The summed E-state index contributed by atoms with van der Waals surface area (Å²) in [6.07, 6.45) is 3.54. The van der Waals surface area contributed by atoms with Gasteiger partial charge in [0.05, 0.1) is 11.3 Å². The number of piperidine rings is 1. The molecule has 1 aromatic heterocycles. The molecule has 2 aliphatic heterocycles. The fourth-order valence-electron chi connectivity index (χ4n) is 4.53. The van der Waals surface area contributed by atoms with Crippen molar-refractivity contribution in [2.45, 2.75) is 44.2 Å². The van der Waals surface area contributed by atoms with Gasteiger partial charge in [0.15, 0.2) is 0 Å². The molecule has 178 valence electrons. The number of nitrogens with zero attached hydrogens (tertiary/aromatic N) is 3. The predicted octanol–water partition coefficient (Wildman–Crippen LogP) is 6.19. The molecule has 4 rings (SSSR count). The molecule has 0 spiro atoms. The molecular formula is C25H30F3N3OS. The Hall–Kier alpha value is -2.32. The molecule has 33 heavy (non-hydrogen) atoms. The third kappa shape index (κ3) is 5.27. The number of aromatic nitrogens is 2. The zero-order valence-corrected chi connectivity index (χ0v) is 19.8. The van der Waals surface area contributed by atoms with Gasteiger partial charge in [-0.05, 0) is 53.5 Å². The highest BCUT2D eigenvalue weighted by atomic mass is 32.2. The normalized spacial score (nSPS) is 20.5. The van der Waals surface area contributed by atoms with Gasteiger partial charge in [-0.15, -0.1) is 0 Å². The summed E-state index contributed by atoms with van der Waals surface area (Å²) in [7, 11) is -1.13. The van der Waals surface area contributed by atoms with Crippen LogP contribution in [0, 0.1) is 11.8 Å². The summed E-state index contributed by atoms with van der Waals surface area (Å²) in [6.45, 7) is 5.87. The highest BCUT2D eigenvalue weighted by Crippen LogP contribution is 2.55. The second-order valence-electron chi connectivity index (χ2n) is 8.89. The number of thiol groups is 1. The van der Waals surface area contributed by atoms with Crippen LogP contribution in [0.3, 0.4) is 0 Å². The lowest BCUT2D eigenvalue weighted by atomic mass is 9.94. The van der Waals surface area contributed by atoms with Crippen LogP contribution >= 0.6 is 10.9 Å². The molecule has 2 aromatic rings. The van der Waals surface area contributed by atoms with Crippen molar-refractivity contribution >= 4 is 16.7 Å². The lowest BCUT2D eigenvalue weighted by molar-refractivity contribution is -0.139. The van der Waals surface area contributed by atoms with Crippen molar-refractivity contribution in [1.29, 1.82) is 0 Å². The van der Waals surface area contributed by atoms with Gasteiger partial charge in [-0.3, -0.25) is 0 Å². The van der Waals surface area contributed by atoms with E-state index >= 15 is 0 Å². The number of aliphatic hydroxyl groups is 1. The zero-order valence-electron chi connectivity index (χ0n) is 18.9. The summed E-state index contributed by atoms with van der Waals surface area (Å²) in [5.41, 5.74) is 0.344. The fraction of sp³-hybridized carbons (Fsp3) is 0.440. The number of hydrogen-bond donors (Lipinski definition) is 2. The Labute approximate surface area is 195 Å². The van der Waals surface area contributed by atoms with Gasteiger partial charge in [0.25, 0.3) is 0 Å². The van der Waals surface area contributed by atoms with Gasteiger partial charge >= 0.3 is 6.18 Å². The number of hydrogen-bond acceptors (Lipinski definition) is 4. The smallest absolute Gasteiger partial charge is 0.396 e. The Kier molecular flexibility index (Phi) is 7.14. The highest BCUT2D eigenvalue weighted by Gasteiger charge is 2.36. The predicted molar refractivity (Wildman–Crippen MR) is 128 cm³/mol. The molecule has 0 saturated carbocycles. The SMILES string of the molecule is CC(C)C1=CC=C[SH]1c1ccc(-c2cc(N3CCC(CCO)CC3)ncn2)cc1C(F)(F)F. The topological polar surface area (TPSA) is 49.2 Å². The lowest BCUT2D eigenvalue weighted by Gasteiger charge is -2.32. The van der Waals surface area contributed by atoms with Gasteiger partial charge in [-0.2, -0.15) is 24.1 Å². The first-order valence-corrected chi connectivity index (χ1v) is 12.8. The van der Waals surface area contributed by atoms with E-state index in [0.717, 1.165) is 43.1 Å². The van der Waals surface area contributed by atoms with Gasteiger partial charge in [-0.25, -0.2) is 9.97 Å². The van der Waals surface area contributed by atoms with Crippen molar-refractivity contribution in [3.63, 3.8) is 0 Å². The number of aliphatic hydroxyl groups excluding tert-OH is 1. The Bertz CT molecular complexity index is 1040. The Morgan fingerprint density at radius 1 is 1.15 bits per heavy atom. The summed E-state index contributed by atoms with van der Waals surface area (Å²) in [5, 5.41) is 11.1. The van der Waals surface area contributed by atoms with Crippen molar-refractivity contribution in [2.24, 2.45) is 11.8 Å². The molecule has 1 N–H and O–H groups in total. The Morgan fingerprint density at radius 2 is 1.91 bits per heavy atom. The maximum atomic E-state index is 14.1. The Balaban J connectivity index is 1.63. The number of rotatable bonds is 6. The summed E-state index contributed by atoms with van der Waals surface area (Å²) in [6, 6.07) is 6.39. The minimum atomic E-state index is -4.45. The van der Waals surface area contributed by atoms with Crippen molar-refractivity contribution < 1.29 is 18.3 Å². The second-order valence-corrected chi connectivity index (χ2v) is 10.9.